The molecule has 1 atom stereocenters. The van der Waals surface area contributed by atoms with Gasteiger partial charge in [0, 0.05) is 12.1 Å². The van der Waals surface area contributed by atoms with Crippen LogP contribution in [0.25, 0.3) is 0 Å². The SMILES string of the molecule is CNC1(C)CCN(CCC(C)O)CC1. The highest BCUT2D eigenvalue weighted by atomic mass is 16.3. The van der Waals surface area contributed by atoms with Crippen molar-refractivity contribution in [3.63, 3.8) is 0 Å². The summed E-state index contributed by atoms with van der Waals surface area (Å²) in [6.07, 6.45) is 3.16. The molecular weight excluding hydrogens is 176 g/mol. The highest BCUT2D eigenvalue weighted by Crippen LogP contribution is 2.21. The molecule has 2 N–H and O–H groups in total. The van der Waals surface area contributed by atoms with Crippen LogP contribution in [0.3, 0.4) is 0 Å². The molecule has 1 unspecified atom stereocenters. The van der Waals surface area contributed by atoms with Gasteiger partial charge in [0.1, 0.15) is 0 Å². The molecule has 1 rings (SSSR count). The Kier molecular flexibility index (Phi) is 4.35. The highest BCUT2D eigenvalue weighted by molar-refractivity contribution is 4.88. The fraction of sp³-hybridized carbons (Fsp3) is 1.00. The van der Waals surface area contributed by atoms with Gasteiger partial charge in [0.25, 0.3) is 0 Å². The largest absolute Gasteiger partial charge is 0.393 e. The maximum Gasteiger partial charge on any atom is 0.0524 e. The van der Waals surface area contributed by atoms with Crippen molar-refractivity contribution in [2.45, 2.75) is 44.8 Å². The highest BCUT2D eigenvalue weighted by Gasteiger charge is 2.27. The molecule has 3 heteroatoms. The molecule has 1 aliphatic rings. The number of nitrogens with zero attached hydrogens (tertiary/aromatic N) is 1. The summed E-state index contributed by atoms with van der Waals surface area (Å²) in [6, 6.07) is 0. The zero-order valence-electron chi connectivity index (χ0n) is 9.71. The van der Waals surface area contributed by atoms with Gasteiger partial charge in [-0.15, -0.1) is 0 Å². The second-order valence-corrected chi connectivity index (χ2v) is 4.79. The van der Waals surface area contributed by atoms with Crippen molar-refractivity contribution in [3.8, 4) is 0 Å². The molecule has 3 nitrogen and oxygen atoms in total. The summed E-state index contributed by atoms with van der Waals surface area (Å²) in [5.74, 6) is 0. The number of hydrogen-bond donors (Lipinski definition) is 2. The lowest BCUT2D eigenvalue weighted by atomic mass is 9.90. The maximum atomic E-state index is 9.19. The number of rotatable bonds is 4. The smallest absolute Gasteiger partial charge is 0.0524 e. The van der Waals surface area contributed by atoms with Gasteiger partial charge in [0.15, 0.2) is 0 Å². The number of hydrogen-bond acceptors (Lipinski definition) is 3. The summed E-state index contributed by atoms with van der Waals surface area (Å²) in [4.78, 5) is 2.45. The van der Waals surface area contributed by atoms with E-state index < -0.39 is 0 Å². The predicted octanol–water partition coefficient (Wildman–Crippen LogP) is 0.831. The van der Waals surface area contributed by atoms with Crippen molar-refractivity contribution in [1.82, 2.24) is 10.2 Å². The molecule has 1 saturated heterocycles. The van der Waals surface area contributed by atoms with E-state index in [0.29, 0.717) is 5.54 Å². The van der Waals surface area contributed by atoms with Crippen molar-refractivity contribution in [3.05, 3.63) is 0 Å². The normalized spacial score (nSPS) is 24.9. The van der Waals surface area contributed by atoms with Crippen molar-refractivity contribution in [2.24, 2.45) is 0 Å². The summed E-state index contributed by atoms with van der Waals surface area (Å²) in [5, 5.41) is 12.6. The van der Waals surface area contributed by atoms with Gasteiger partial charge in [-0.3, -0.25) is 0 Å². The van der Waals surface area contributed by atoms with E-state index >= 15 is 0 Å². The first-order valence-corrected chi connectivity index (χ1v) is 5.65. The molecule has 0 bridgehead atoms. The third kappa shape index (κ3) is 3.56. The Bertz CT molecular complexity index is 163. The van der Waals surface area contributed by atoms with Gasteiger partial charge in [-0.25, -0.2) is 0 Å². The summed E-state index contributed by atoms with van der Waals surface area (Å²) in [7, 11) is 2.05. The molecule has 0 radical (unpaired) electrons. The first-order valence-electron chi connectivity index (χ1n) is 5.65. The molecule has 0 aromatic carbocycles. The van der Waals surface area contributed by atoms with Gasteiger partial charge in [-0.05, 0) is 53.2 Å². The summed E-state index contributed by atoms with van der Waals surface area (Å²) in [6.45, 7) is 7.51. The Morgan fingerprint density at radius 2 is 2.00 bits per heavy atom. The van der Waals surface area contributed by atoms with Crippen LogP contribution in [0.15, 0.2) is 0 Å². The number of aliphatic hydroxyl groups excluding tert-OH is 1. The van der Waals surface area contributed by atoms with E-state index in [1.54, 1.807) is 0 Å². The van der Waals surface area contributed by atoms with Crippen LogP contribution < -0.4 is 5.32 Å². The molecule has 84 valence electrons. The second kappa shape index (κ2) is 5.10. The molecule has 1 aliphatic heterocycles. The van der Waals surface area contributed by atoms with Gasteiger partial charge in [-0.2, -0.15) is 0 Å². The van der Waals surface area contributed by atoms with Crippen LogP contribution in [0.5, 0.6) is 0 Å². The molecular formula is C11H24N2O. The predicted molar refractivity (Wildman–Crippen MR) is 59.4 cm³/mol. The molecule has 0 aromatic rings. The quantitative estimate of drug-likeness (QED) is 0.705. The fourth-order valence-corrected chi connectivity index (χ4v) is 1.89. The van der Waals surface area contributed by atoms with E-state index in [4.69, 9.17) is 0 Å². The van der Waals surface area contributed by atoms with Gasteiger partial charge in [-0.1, -0.05) is 0 Å². The van der Waals surface area contributed by atoms with Crippen LogP contribution >= 0.6 is 0 Å². The Balaban J connectivity index is 2.22. The molecule has 0 aliphatic carbocycles. The van der Waals surface area contributed by atoms with Gasteiger partial charge < -0.3 is 15.3 Å². The minimum absolute atomic E-state index is 0.160. The van der Waals surface area contributed by atoms with Crippen LogP contribution in [-0.4, -0.2) is 48.3 Å². The van der Waals surface area contributed by atoms with Gasteiger partial charge in [0.2, 0.25) is 0 Å². The standard InChI is InChI=1S/C11H24N2O/c1-10(14)4-7-13-8-5-11(2,12-3)6-9-13/h10,12,14H,4-9H2,1-3H3. The average Bonchev–Trinajstić information content (AvgIpc) is 2.17. The van der Waals surface area contributed by atoms with E-state index in [2.05, 4.69) is 17.1 Å². The van der Waals surface area contributed by atoms with Crippen molar-refractivity contribution < 1.29 is 5.11 Å². The molecule has 1 fully saturated rings. The van der Waals surface area contributed by atoms with Crippen molar-refractivity contribution in [1.29, 1.82) is 0 Å². The Hall–Kier alpha value is -0.120. The minimum atomic E-state index is -0.160. The number of likely N-dealkylation sites (tertiary alicyclic amines) is 1. The minimum Gasteiger partial charge on any atom is -0.393 e. The monoisotopic (exact) mass is 200 g/mol. The summed E-state index contributed by atoms with van der Waals surface area (Å²) < 4.78 is 0. The molecule has 0 saturated carbocycles. The first-order chi connectivity index (χ1) is 6.56. The van der Waals surface area contributed by atoms with Crippen molar-refractivity contribution in [2.75, 3.05) is 26.7 Å². The number of aliphatic hydroxyl groups is 1. The van der Waals surface area contributed by atoms with E-state index in [-0.39, 0.29) is 6.10 Å². The summed E-state index contributed by atoms with van der Waals surface area (Å²) in [5.41, 5.74) is 0.335. The van der Waals surface area contributed by atoms with Gasteiger partial charge >= 0.3 is 0 Å². The molecule has 0 aromatic heterocycles. The molecule has 1 heterocycles. The third-order valence-corrected chi connectivity index (χ3v) is 3.43. The van der Waals surface area contributed by atoms with E-state index in [9.17, 15) is 5.11 Å². The molecule has 0 amide bonds. The second-order valence-electron chi connectivity index (χ2n) is 4.79. The molecule has 14 heavy (non-hydrogen) atoms. The lowest BCUT2D eigenvalue weighted by molar-refractivity contribution is 0.119. The van der Waals surface area contributed by atoms with E-state index in [1.807, 2.05) is 14.0 Å². The van der Waals surface area contributed by atoms with Crippen molar-refractivity contribution >= 4 is 0 Å². The number of nitrogens with one attached hydrogen (secondary N) is 1. The first kappa shape index (κ1) is 12.0. The lowest BCUT2D eigenvalue weighted by Gasteiger charge is -2.39. The average molecular weight is 200 g/mol. The molecule has 0 spiro atoms. The van der Waals surface area contributed by atoms with Crippen LogP contribution in [0.4, 0.5) is 0 Å². The third-order valence-electron chi connectivity index (χ3n) is 3.43. The maximum absolute atomic E-state index is 9.19. The van der Waals surface area contributed by atoms with Crippen LogP contribution in [0, 0.1) is 0 Å². The van der Waals surface area contributed by atoms with E-state index in [1.165, 1.54) is 12.8 Å². The van der Waals surface area contributed by atoms with Crippen LogP contribution in [-0.2, 0) is 0 Å². The summed E-state index contributed by atoms with van der Waals surface area (Å²) >= 11 is 0. The van der Waals surface area contributed by atoms with Gasteiger partial charge in [0.05, 0.1) is 6.10 Å². The van der Waals surface area contributed by atoms with Crippen LogP contribution in [0.2, 0.25) is 0 Å². The Morgan fingerprint density at radius 1 is 1.43 bits per heavy atom. The zero-order valence-corrected chi connectivity index (χ0v) is 9.71. The fourth-order valence-electron chi connectivity index (χ4n) is 1.89. The van der Waals surface area contributed by atoms with Crippen LogP contribution in [0.1, 0.15) is 33.1 Å². The topological polar surface area (TPSA) is 35.5 Å². The number of piperidine rings is 1. The van der Waals surface area contributed by atoms with E-state index in [0.717, 1.165) is 26.1 Å². The lowest BCUT2D eigenvalue weighted by Crippen LogP contribution is -2.50. The Labute approximate surface area is 87.5 Å². The Morgan fingerprint density at radius 3 is 2.43 bits per heavy atom. The zero-order chi connectivity index (χ0) is 10.6.